The molecule has 2 aromatic carbocycles. The van der Waals surface area contributed by atoms with E-state index in [1.807, 2.05) is 84.3 Å². The molecular weight excluding hydrogens is 881 g/mol. The molecule has 1 spiro atoms. The molecule has 380 valence electrons. The van der Waals surface area contributed by atoms with Crippen molar-refractivity contribution in [3.63, 3.8) is 0 Å². The van der Waals surface area contributed by atoms with Crippen LogP contribution in [0, 0.1) is 11.3 Å². The van der Waals surface area contributed by atoms with Crippen molar-refractivity contribution in [3.8, 4) is 0 Å². The third-order valence-electron chi connectivity index (χ3n) is 12.6. The first kappa shape index (κ1) is 54.1. The van der Waals surface area contributed by atoms with E-state index < -0.39 is 65.3 Å². The molecule has 3 heterocycles. The van der Waals surface area contributed by atoms with Gasteiger partial charge in [0.15, 0.2) is 0 Å². The van der Waals surface area contributed by atoms with E-state index in [1.54, 1.807) is 46.4 Å². The predicted octanol–water partition coefficient (Wildman–Crippen LogP) is 5.70. The second-order valence-corrected chi connectivity index (χ2v) is 21.5. The molecule has 4 unspecified atom stereocenters. The molecule has 69 heavy (non-hydrogen) atoms. The first-order chi connectivity index (χ1) is 32.6. The van der Waals surface area contributed by atoms with E-state index in [1.165, 1.54) is 0 Å². The Labute approximate surface area is 408 Å². The monoisotopic (exact) mass is 959 g/mol. The van der Waals surface area contributed by atoms with E-state index in [0.717, 1.165) is 49.9 Å². The van der Waals surface area contributed by atoms with Crippen molar-refractivity contribution in [1.82, 2.24) is 41.3 Å². The van der Waals surface area contributed by atoms with Gasteiger partial charge in [0.05, 0.1) is 0 Å². The van der Waals surface area contributed by atoms with Crippen molar-refractivity contribution >= 4 is 41.8 Å². The predicted molar refractivity (Wildman–Crippen MR) is 263 cm³/mol. The van der Waals surface area contributed by atoms with Gasteiger partial charge in [-0.2, -0.15) is 0 Å². The third kappa shape index (κ3) is 17.6. The fourth-order valence-corrected chi connectivity index (χ4v) is 9.07. The second kappa shape index (κ2) is 24.6. The first-order valence-electron chi connectivity index (χ1n) is 24.9. The SMILES string of the molecule is CC(C)CC(NC(=O)C(Cc1ccccc1)NC(=O)C(Cc1ccccc1)NC(=O)OC(C)(C)C)C(=O)NC(CCCCNC(=O)OC(C)(C)C)C(=O)N1CCC2(CC1)CN(C(=O)N1CCCC1)C2. The van der Waals surface area contributed by atoms with E-state index >= 15 is 0 Å². The Hall–Kier alpha value is -5.87. The van der Waals surface area contributed by atoms with Gasteiger partial charge in [0, 0.05) is 64.1 Å². The molecular formula is C52H78N8O9. The zero-order valence-corrected chi connectivity index (χ0v) is 42.2. The molecule has 17 heteroatoms. The molecule has 0 radical (unpaired) electrons. The molecule has 5 N–H and O–H groups in total. The van der Waals surface area contributed by atoms with Crippen molar-refractivity contribution < 1.29 is 43.0 Å². The summed E-state index contributed by atoms with van der Waals surface area (Å²) < 4.78 is 10.9. The molecule has 0 saturated carbocycles. The number of urea groups is 1. The number of carbonyl (C=O) groups is 7. The van der Waals surface area contributed by atoms with E-state index in [2.05, 4.69) is 26.6 Å². The molecule has 4 atom stereocenters. The average molecular weight is 959 g/mol. The van der Waals surface area contributed by atoms with Crippen molar-refractivity contribution in [2.24, 2.45) is 11.3 Å². The molecule has 0 aromatic heterocycles. The lowest BCUT2D eigenvalue weighted by Crippen LogP contribution is -2.65. The Balaban J connectivity index is 1.30. The summed E-state index contributed by atoms with van der Waals surface area (Å²) >= 11 is 0. The summed E-state index contributed by atoms with van der Waals surface area (Å²) in [5.74, 6) is -2.05. The normalized spacial score (nSPS) is 17.4. The lowest BCUT2D eigenvalue weighted by Gasteiger charge is -2.54. The third-order valence-corrected chi connectivity index (χ3v) is 12.6. The van der Waals surface area contributed by atoms with Gasteiger partial charge in [0.2, 0.25) is 23.6 Å². The summed E-state index contributed by atoms with van der Waals surface area (Å²) in [6, 6.07) is 14.2. The fourth-order valence-electron chi connectivity index (χ4n) is 9.07. The van der Waals surface area contributed by atoms with Gasteiger partial charge in [-0.15, -0.1) is 0 Å². The number of unbranched alkanes of at least 4 members (excludes halogenated alkanes) is 1. The van der Waals surface area contributed by atoms with E-state index in [4.69, 9.17) is 9.47 Å². The number of hydrogen-bond acceptors (Lipinski definition) is 9. The largest absolute Gasteiger partial charge is 0.444 e. The lowest BCUT2D eigenvalue weighted by molar-refractivity contribution is -0.141. The van der Waals surface area contributed by atoms with Gasteiger partial charge in [-0.3, -0.25) is 19.2 Å². The van der Waals surface area contributed by atoms with Gasteiger partial charge < -0.3 is 50.8 Å². The number of nitrogens with zero attached hydrogens (tertiary/aromatic N) is 3. The molecule has 17 nitrogen and oxygen atoms in total. The summed E-state index contributed by atoms with van der Waals surface area (Å²) in [7, 11) is 0. The number of amides is 8. The average Bonchev–Trinajstić information content (AvgIpc) is 3.81. The number of ether oxygens (including phenoxy) is 2. The molecule has 3 saturated heterocycles. The van der Waals surface area contributed by atoms with Crippen LogP contribution in [0.1, 0.15) is 118 Å². The van der Waals surface area contributed by atoms with Crippen molar-refractivity contribution in [1.29, 1.82) is 0 Å². The maximum Gasteiger partial charge on any atom is 0.408 e. The van der Waals surface area contributed by atoms with Crippen LogP contribution < -0.4 is 26.6 Å². The minimum absolute atomic E-state index is 0.0377. The van der Waals surface area contributed by atoms with Crippen LogP contribution in [0.15, 0.2) is 60.7 Å². The van der Waals surface area contributed by atoms with Gasteiger partial charge in [0.25, 0.3) is 0 Å². The van der Waals surface area contributed by atoms with E-state index in [9.17, 15) is 33.6 Å². The highest BCUT2D eigenvalue weighted by Gasteiger charge is 2.49. The number of nitrogens with one attached hydrogen (secondary N) is 5. The maximum absolute atomic E-state index is 14.5. The number of benzene rings is 2. The topological polar surface area (TPSA) is 208 Å². The standard InChI is InChI=1S/C52H78N8O9/c1-36(2)31-40(55-44(62)41(32-37-19-11-9-12-20-37)56-45(63)42(33-38-21-13-10-14-22-38)57-48(66)69-51(6,7)8)43(61)54-39(23-15-16-26-53-47(65)68-50(3,4)5)46(64)58-29-24-52(25-30-58)34-60(35-52)49(67)59-27-17-18-28-59/h9-14,19-22,36,39-42H,15-18,23-35H2,1-8H3,(H,53,65)(H,54,61)(H,55,62)(H,56,63)(H,57,66). The molecule has 5 rings (SSSR count). The number of hydrogen-bond donors (Lipinski definition) is 5. The van der Waals surface area contributed by atoms with Crippen molar-refractivity contribution in [2.45, 2.75) is 155 Å². The van der Waals surface area contributed by atoms with Crippen LogP contribution in [-0.2, 0) is 41.5 Å². The minimum atomic E-state index is -1.16. The lowest BCUT2D eigenvalue weighted by atomic mass is 9.72. The Bertz CT molecular complexity index is 2030. The molecule has 3 aliphatic heterocycles. The highest BCUT2D eigenvalue weighted by molar-refractivity contribution is 5.95. The van der Waals surface area contributed by atoms with Gasteiger partial charge >= 0.3 is 18.2 Å². The summed E-state index contributed by atoms with van der Waals surface area (Å²) in [5, 5.41) is 14.3. The molecule has 0 bridgehead atoms. The van der Waals surface area contributed by atoms with Crippen LogP contribution in [0.5, 0.6) is 0 Å². The number of likely N-dealkylation sites (tertiary alicyclic amines) is 3. The highest BCUT2D eigenvalue weighted by atomic mass is 16.6. The van der Waals surface area contributed by atoms with Gasteiger partial charge in [-0.05, 0) is 110 Å². The number of alkyl carbamates (subject to hydrolysis) is 2. The Morgan fingerprint density at radius 3 is 1.58 bits per heavy atom. The Morgan fingerprint density at radius 1 is 0.580 bits per heavy atom. The smallest absolute Gasteiger partial charge is 0.408 e. The van der Waals surface area contributed by atoms with Crippen LogP contribution in [0.3, 0.4) is 0 Å². The maximum atomic E-state index is 14.5. The van der Waals surface area contributed by atoms with Crippen LogP contribution >= 0.6 is 0 Å². The Kier molecular flexibility index (Phi) is 19.3. The van der Waals surface area contributed by atoms with E-state index in [-0.39, 0.29) is 49.0 Å². The summed E-state index contributed by atoms with van der Waals surface area (Å²) in [5.41, 5.74) is 0.0128. The summed E-state index contributed by atoms with van der Waals surface area (Å²) in [4.78, 5) is 102. The molecule has 3 aliphatic rings. The highest BCUT2D eigenvalue weighted by Crippen LogP contribution is 2.41. The zero-order valence-electron chi connectivity index (χ0n) is 42.2. The molecule has 8 amide bonds. The summed E-state index contributed by atoms with van der Waals surface area (Å²) in [6.07, 6.45) is 3.94. The first-order valence-corrected chi connectivity index (χ1v) is 24.9. The Morgan fingerprint density at radius 2 is 1.06 bits per heavy atom. The van der Waals surface area contributed by atoms with Crippen LogP contribution in [0.4, 0.5) is 14.4 Å². The van der Waals surface area contributed by atoms with Crippen molar-refractivity contribution in [3.05, 3.63) is 71.8 Å². The van der Waals surface area contributed by atoms with Crippen LogP contribution in [0.2, 0.25) is 0 Å². The van der Waals surface area contributed by atoms with E-state index in [0.29, 0.717) is 45.6 Å². The van der Waals surface area contributed by atoms with Crippen LogP contribution in [-0.4, -0.2) is 138 Å². The second-order valence-electron chi connectivity index (χ2n) is 21.5. The number of rotatable bonds is 19. The van der Waals surface area contributed by atoms with Gasteiger partial charge in [-0.1, -0.05) is 74.5 Å². The molecule has 0 aliphatic carbocycles. The minimum Gasteiger partial charge on any atom is -0.444 e. The van der Waals surface area contributed by atoms with Crippen LogP contribution in [0.25, 0.3) is 0 Å². The van der Waals surface area contributed by atoms with Gasteiger partial charge in [0.1, 0.15) is 35.4 Å². The van der Waals surface area contributed by atoms with Crippen molar-refractivity contribution in [2.75, 3.05) is 45.8 Å². The van der Waals surface area contributed by atoms with Gasteiger partial charge in [-0.25, -0.2) is 14.4 Å². The molecule has 2 aromatic rings. The number of piperidine rings is 1. The fraction of sp³-hybridized carbons (Fsp3) is 0.635. The quantitative estimate of drug-likeness (QED) is 0.109. The zero-order chi connectivity index (χ0) is 50.4. The molecule has 3 fully saturated rings. The summed E-state index contributed by atoms with van der Waals surface area (Å²) in [6.45, 7) is 18.6. The number of carbonyl (C=O) groups excluding carboxylic acids is 7.